The molecule has 1 unspecified atom stereocenters. The molecule has 1 atom stereocenters. The quantitative estimate of drug-likeness (QED) is 0.732. The van der Waals surface area contributed by atoms with E-state index in [-0.39, 0.29) is 18.7 Å². The van der Waals surface area contributed by atoms with E-state index in [0.717, 1.165) is 56.2 Å². The zero-order chi connectivity index (χ0) is 20.5. The minimum atomic E-state index is -0.921. The van der Waals surface area contributed by atoms with E-state index in [0.29, 0.717) is 11.1 Å². The number of hydrogen-bond donors (Lipinski definition) is 1. The van der Waals surface area contributed by atoms with Gasteiger partial charge in [0.05, 0.1) is 11.1 Å². The van der Waals surface area contributed by atoms with Crippen LogP contribution in [0.5, 0.6) is 0 Å². The van der Waals surface area contributed by atoms with E-state index in [1.54, 1.807) is 12.1 Å². The Hall–Kier alpha value is -2.58. The summed E-state index contributed by atoms with van der Waals surface area (Å²) in [6.07, 6.45) is 1.45. The van der Waals surface area contributed by atoms with Gasteiger partial charge in [-0.25, -0.2) is 0 Å². The van der Waals surface area contributed by atoms with Gasteiger partial charge < -0.3 is 4.90 Å². The maximum atomic E-state index is 12.9. The summed E-state index contributed by atoms with van der Waals surface area (Å²) in [5, 5.41) is 2.22. The second kappa shape index (κ2) is 8.04. The fourth-order valence-corrected chi connectivity index (χ4v) is 4.36. The van der Waals surface area contributed by atoms with E-state index in [2.05, 4.69) is 22.0 Å². The fourth-order valence-electron chi connectivity index (χ4n) is 4.36. The van der Waals surface area contributed by atoms with E-state index in [1.165, 1.54) is 0 Å². The zero-order valence-electron chi connectivity index (χ0n) is 16.6. The van der Waals surface area contributed by atoms with Crippen LogP contribution in [0.2, 0.25) is 0 Å². The predicted molar refractivity (Wildman–Crippen MR) is 105 cm³/mol. The maximum absolute atomic E-state index is 12.9. The number of rotatable bonds is 5. The van der Waals surface area contributed by atoms with Gasteiger partial charge in [-0.15, -0.1) is 0 Å². The molecule has 0 aromatic heterocycles. The summed E-state index contributed by atoms with van der Waals surface area (Å²) in [6.45, 7) is 8.08. The van der Waals surface area contributed by atoms with Crippen molar-refractivity contribution >= 4 is 23.6 Å². The predicted octanol–water partition coefficient (Wildman–Crippen LogP) is 0.615. The summed E-state index contributed by atoms with van der Waals surface area (Å²) in [5.74, 6) is -1.86. The lowest BCUT2D eigenvalue weighted by Crippen LogP contribution is -2.54. The lowest BCUT2D eigenvalue weighted by Gasteiger charge is -2.34. The summed E-state index contributed by atoms with van der Waals surface area (Å²) >= 11 is 0. The van der Waals surface area contributed by atoms with Crippen LogP contribution in [0.25, 0.3) is 0 Å². The third-order valence-corrected chi connectivity index (χ3v) is 5.92. The van der Waals surface area contributed by atoms with Gasteiger partial charge in [0.15, 0.2) is 0 Å². The molecule has 29 heavy (non-hydrogen) atoms. The molecule has 8 nitrogen and oxygen atoms in total. The molecule has 3 aliphatic heterocycles. The van der Waals surface area contributed by atoms with Gasteiger partial charge in [-0.05, 0) is 37.1 Å². The first-order chi connectivity index (χ1) is 14.0. The molecule has 1 N–H and O–H groups in total. The number of benzene rings is 1. The van der Waals surface area contributed by atoms with Crippen LogP contribution in [0.3, 0.4) is 0 Å². The topological polar surface area (TPSA) is 90.0 Å². The van der Waals surface area contributed by atoms with Crippen molar-refractivity contribution in [3.63, 3.8) is 0 Å². The Labute approximate surface area is 169 Å². The van der Waals surface area contributed by atoms with Gasteiger partial charge in [0.2, 0.25) is 11.8 Å². The highest BCUT2D eigenvalue weighted by atomic mass is 16.2. The average Bonchev–Trinajstić information content (AvgIpc) is 2.94. The third kappa shape index (κ3) is 3.82. The Morgan fingerprint density at radius 1 is 0.966 bits per heavy atom. The largest absolute Gasteiger partial charge is 0.301 e. The molecule has 0 bridgehead atoms. The minimum Gasteiger partial charge on any atom is -0.301 e. The van der Waals surface area contributed by atoms with Crippen LogP contribution >= 0.6 is 0 Å². The molecule has 4 amide bonds. The highest BCUT2D eigenvalue weighted by Gasteiger charge is 2.44. The van der Waals surface area contributed by atoms with Crippen molar-refractivity contribution in [1.82, 2.24) is 20.0 Å². The first kappa shape index (κ1) is 19.7. The second-order valence-corrected chi connectivity index (χ2v) is 7.94. The molecule has 2 saturated heterocycles. The molecular weight excluding hydrogens is 372 g/mol. The number of imide groups is 2. The highest BCUT2D eigenvalue weighted by Crippen LogP contribution is 2.28. The van der Waals surface area contributed by atoms with Gasteiger partial charge in [-0.2, -0.15) is 0 Å². The Morgan fingerprint density at radius 3 is 2.34 bits per heavy atom. The Balaban J connectivity index is 1.46. The van der Waals surface area contributed by atoms with Gasteiger partial charge in [-0.3, -0.25) is 34.3 Å². The second-order valence-electron chi connectivity index (χ2n) is 7.94. The SMILES string of the molecule is CCCN1CCN(Cc2ccc3c(c2)C(=O)N(C2CCC(=O)NC2=O)C3=O)CC1. The van der Waals surface area contributed by atoms with Crippen LogP contribution < -0.4 is 5.32 Å². The highest BCUT2D eigenvalue weighted by molar-refractivity contribution is 6.23. The molecule has 3 heterocycles. The molecule has 154 valence electrons. The monoisotopic (exact) mass is 398 g/mol. The summed E-state index contributed by atoms with van der Waals surface area (Å²) in [5.41, 5.74) is 1.66. The van der Waals surface area contributed by atoms with Gasteiger partial charge in [-0.1, -0.05) is 13.0 Å². The molecule has 0 saturated carbocycles. The average molecular weight is 398 g/mol. The number of piperidine rings is 1. The minimum absolute atomic E-state index is 0.124. The van der Waals surface area contributed by atoms with Crippen molar-refractivity contribution in [2.75, 3.05) is 32.7 Å². The molecule has 0 spiro atoms. The van der Waals surface area contributed by atoms with Crippen molar-refractivity contribution in [2.45, 2.75) is 38.8 Å². The standard InChI is InChI=1S/C21H26N4O4/c1-2-7-23-8-10-24(11-9-23)13-14-3-4-15-16(12-14)21(29)25(20(15)28)17-5-6-18(26)22-19(17)27/h3-4,12,17H,2,5-11,13H2,1H3,(H,22,26,27). The van der Waals surface area contributed by atoms with Crippen LogP contribution in [0.15, 0.2) is 18.2 Å². The van der Waals surface area contributed by atoms with Gasteiger partial charge in [0, 0.05) is 39.1 Å². The van der Waals surface area contributed by atoms with Gasteiger partial charge in [0.1, 0.15) is 6.04 Å². The van der Waals surface area contributed by atoms with E-state index in [4.69, 9.17) is 0 Å². The van der Waals surface area contributed by atoms with Crippen LogP contribution in [0.4, 0.5) is 0 Å². The first-order valence-corrected chi connectivity index (χ1v) is 10.3. The summed E-state index contributed by atoms with van der Waals surface area (Å²) in [7, 11) is 0. The number of piperazine rings is 1. The summed E-state index contributed by atoms with van der Waals surface area (Å²) in [6, 6.07) is 4.43. The van der Waals surface area contributed by atoms with Gasteiger partial charge in [0.25, 0.3) is 11.8 Å². The van der Waals surface area contributed by atoms with Crippen molar-refractivity contribution in [3.8, 4) is 0 Å². The van der Waals surface area contributed by atoms with Crippen molar-refractivity contribution in [2.24, 2.45) is 0 Å². The van der Waals surface area contributed by atoms with Crippen LogP contribution in [0.1, 0.15) is 52.5 Å². The number of carbonyl (C=O) groups is 4. The first-order valence-electron chi connectivity index (χ1n) is 10.3. The van der Waals surface area contributed by atoms with Crippen LogP contribution in [0, 0.1) is 0 Å². The summed E-state index contributed by atoms with van der Waals surface area (Å²) < 4.78 is 0. The van der Waals surface area contributed by atoms with Crippen LogP contribution in [-0.2, 0) is 16.1 Å². The molecule has 3 aliphatic rings. The maximum Gasteiger partial charge on any atom is 0.262 e. The lowest BCUT2D eigenvalue weighted by atomic mass is 10.0. The fraction of sp³-hybridized carbons (Fsp3) is 0.524. The van der Waals surface area contributed by atoms with Crippen molar-refractivity contribution in [3.05, 3.63) is 34.9 Å². The molecule has 2 fully saturated rings. The molecule has 1 aromatic rings. The van der Waals surface area contributed by atoms with Crippen LogP contribution in [-0.4, -0.2) is 77.1 Å². The van der Waals surface area contributed by atoms with Crippen molar-refractivity contribution in [1.29, 1.82) is 0 Å². The molecule has 0 radical (unpaired) electrons. The number of fused-ring (bicyclic) bond motifs is 1. The lowest BCUT2D eigenvalue weighted by molar-refractivity contribution is -0.136. The molecule has 1 aromatic carbocycles. The smallest absolute Gasteiger partial charge is 0.262 e. The number of carbonyl (C=O) groups excluding carboxylic acids is 4. The number of nitrogens with one attached hydrogen (secondary N) is 1. The zero-order valence-corrected chi connectivity index (χ0v) is 16.6. The third-order valence-electron chi connectivity index (χ3n) is 5.92. The van der Waals surface area contributed by atoms with E-state index in [9.17, 15) is 19.2 Å². The molecule has 0 aliphatic carbocycles. The Morgan fingerprint density at radius 2 is 1.66 bits per heavy atom. The number of hydrogen-bond acceptors (Lipinski definition) is 6. The number of amides is 4. The Bertz CT molecular complexity index is 860. The molecular formula is C21H26N4O4. The Kier molecular flexibility index (Phi) is 5.47. The number of nitrogens with zero attached hydrogens (tertiary/aromatic N) is 3. The van der Waals surface area contributed by atoms with Crippen molar-refractivity contribution < 1.29 is 19.2 Å². The van der Waals surface area contributed by atoms with E-state index >= 15 is 0 Å². The summed E-state index contributed by atoms with van der Waals surface area (Å²) in [4.78, 5) is 55.0. The van der Waals surface area contributed by atoms with E-state index < -0.39 is 23.8 Å². The molecule has 4 rings (SSSR count). The molecule has 8 heteroatoms. The normalized spacial score (nSPS) is 23.5. The van der Waals surface area contributed by atoms with Gasteiger partial charge >= 0.3 is 0 Å². The van der Waals surface area contributed by atoms with E-state index in [1.807, 2.05) is 6.07 Å².